The van der Waals surface area contributed by atoms with Crippen LogP contribution in [-0.2, 0) is 38.5 Å². The molecular formula is C29H34N8O11P2S2. The van der Waals surface area contributed by atoms with Crippen LogP contribution in [0.5, 0.6) is 5.88 Å². The molecule has 4 N–H and O–H groups in total. The summed E-state index contributed by atoms with van der Waals surface area (Å²) >= 11 is 8.36. The van der Waals surface area contributed by atoms with Gasteiger partial charge in [-0.2, -0.15) is 4.98 Å². The van der Waals surface area contributed by atoms with Crippen molar-refractivity contribution in [1.29, 1.82) is 0 Å². The number of benzene rings is 1. The molecule has 0 spiro atoms. The highest BCUT2D eigenvalue weighted by Crippen LogP contribution is 2.60. The van der Waals surface area contributed by atoms with Gasteiger partial charge in [0.1, 0.15) is 30.7 Å². The van der Waals surface area contributed by atoms with Crippen molar-refractivity contribution in [2.24, 2.45) is 5.92 Å². The summed E-state index contributed by atoms with van der Waals surface area (Å²) in [6.07, 6.45) is -2.16. The van der Waals surface area contributed by atoms with E-state index < -0.39 is 74.3 Å². The Balaban J connectivity index is 1.15. The summed E-state index contributed by atoms with van der Waals surface area (Å²) in [7, 11) is 1.75. The molecule has 2 aliphatic heterocycles. The van der Waals surface area contributed by atoms with E-state index in [4.69, 9.17) is 27.6 Å². The normalized spacial score (nSPS) is 32.3. The molecule has 5 heterocycles. The van der Waals surface area contributed by atoms with Gasteiger partial charge in [-0.25, -0.2) is 24.1 Å². The Kier molecular flexibility index (Phi) is 10.9. The Hall–Kier alpha value is -3.20. The van der Waals surface area contributed by atoms with Gasteiger partial charge in [-0.3, -0.25) is 38.0 Å². The predicted molar refractivity (Wildman–Crippen MR) is 189 cm³/mol. The Morgan fingerprint density at radius 2 is 1.88 bits per heavy atom. The maximum Gasteiger partial charge on any atom is 0.386 e. The van der Waals surface area contributed by atoms with Crippen LogP contribution in [0.25, 0.3) is 11.2 Å². The fraction of sp³-hybridized carbons (Fsp3) is 0.448. The minimum Gasteiger partial charge on any atom is -0.474 e. The molecule has 0 radical (unpaired) electrons. The van der Waals surface area contributed by atoms with Crippen LogP contribution < -0.4 is 20.9 Å². The van der Waals surface area contributed by atoms with Gasteiger partial charge in [-0.1, -0.05) is 42.7 Å². The number of aliphatic hydroxyl groups excluding tert-OH is 1. The van der Waals surface area contributed by atoms with E-state index in [1.165, 1.54) is 23.4 Å². The molecule has 1 amide bonds. The number of nitrogens with one attached hydrogen (secondary N) is 3. The Morgan fingerprint density at radius 1 is 1.10 bits per heavy atom. The highest BCUT2D eigenvalue weighted by atomic mass is 32.7. The van der Waals surface area contributed by atoms with Gasteiger partial charge in [-0.05, 0) is 25.1 Å². The molecule has 7 rings (SSSR count). The molecule has 1 saturated carbocycles. The summed E-state index contributed by atoms with van der Waals surface area (Å²) in [4.78, 5) is 45.3. The summed E-state index contributed by atoms with van der Waals surface area (Å²) in [5.74, 6) is -0.923. The van der Waals surface area contributed by atoms with Crippen LogP contribution >= 0.6 is 38.1 Å². The molecule has 19 nitrogen and oxygen atoms in total. The summed E-state index contributed by atoms with van der Waals surface area (Å²) in [6.45, 7) is -8.66. The minimum atomic E-state index is -4.26. The van der Waals surface area contributed by atoms with E-state index in [0.717, 1.165) is 0 Å². The molecule has 2 bridgehead atoms. The van der Waals surface area contributed by atoms with Crippen LogP contribution in [0.1, 0.15) is 35.0 Å². The first kappa shape index (κ1) is 37.1. The number of aliphatic hydroxyl groups is 1. The molecule has 4 aromatic rings. The van der Waals surface area contributed by atoms with Gasteiger partial charge in [0.05, 0.1) is 25.6 Å². The number of aromatic nitrogens is 6. The van der Waals surface area contributed by atoms with Crippen LogP contribution in [0.2, 0.25) is 0 Å². The lowest BCUT2D eigenvalue weighted by Crippen LogP contribution is -2.35. The SMILES string of the molecule is CNCc1ccccc1C(=O)Nc1nc2c(ncn2[C@@H]2OC3CO[P@@](=O)(S)O[C@H]4C[C@H](Oc5ccncn5)C[C@@H]4CO[P@@](=O)(S)O[C@@H]2[C@@H]3O)c(=O)[nH]1. The number of anilines is 1. The second-order valence-corrected chi connectivity index (χ2v) is 17.9. The molecule has 1 unspecified atom stereocenters. The monoisotopic (exact) mass is 796 g/mol. The number of imidazole rings is 1. The highest BCUT2D eigenvalue weighted by molar-refractivity contribution is 8.44. The number of amides is 1. The van der Waals surface area contributed by atoms with E-state index in [1.807, 2.05) is 0 Å². The number of fused-ring (bicyclic) bond motifs is 4. The number of H-pyrrole nitrogens is 1. The fourth-order valence-electron chi connectivity index (χ4n) is 6.33. The number of hydrogen-bond acceptors (Lipinski definition) is 16. The van der Waals surface area contributed by atoms with Crippen molar-refractivity contribution in [2.75, 3.05) is 25.6 Å². The zero-order valence-electron chi connectivity index (χ0n) is 27.3. The van der Waals surface area contributed by atoms with Gasteiger partial charge in [-0.15, -0.1) is 0 Å². The molecule has 1 aliphatic carbocycles. The Morgan fingerprint density at radius 3 is 2.67 bits per heavy atom. The lowest BCUT2D eigenvalue weighted by atomic mass is 10.1. The lowest BCUT2D eigenvalue weighted by Gasteiger charge is -2.26. The van der Waals surface area contributed by atoms with Crippen molar-refractivity contribution in [3.05, 3.63) is 70.7 Å². The first-order valence-electron chi connectivity index (χ1n) is 16.0. The summed E-state index contributed by atoms with van der Waals surface area (Å²) < 4.78 is 63.4. The van der Waals surface area contributed by atoms with Gasteiger partial charge >= 0.3 is 13.6 Å². The quantitative estimate of drug-likeness (QED) is 0.116. The average Bonchev–Trinajstić information content (AvgIpc) is 3.78. The molecule has 3 aliphatic rings. The largest absolute Gasteiger partial charge is 0.474 e. The summed E-state index contributed by atoms with van der Waals surface area (Å²) in [5, 5.41) is 17.0. The van der Waals surface area contributed by atoms with E-state index in [0.29, 0.717) is 30.0 Å². The first-order valence-corrected chi connectivity index (χ1v) is 21.4. The van der Waals surface area contributed by atoms with E-state index in [9.17, 15) is 23.8 Å². The smallest absolute Gasteiger partial charge is 0.386 e. The maximum atomic E-state index is 13.7. The molecule has 1 aromatic carbocycles. The first-order chi connectivity index (χ1) is 24.9. The number of thiol groups is 2. The summed E-state index contributed by atoms with van der Waals surface area (Å²) in [5.41, 5.74) is 0.171. The Bertz CT molecular complexity index is 2090. The van der Waals surface area contributed by atoms with Gasteiger partial charge < -0.3 is 24.4 Å². The standard InChI is InChI=1S/C29H34N8O11P2S2/c1-30-10-15-4-2-3-5-18(15)26(39)35-29-34-25-22(27(40)36-29)33-14-37(25)28-24-23(38)20(46-28)12-44-49(41,51)47-19-9-17(45-21-6-7-31-13-32-21)8-16(19)11-43-50(42,52)48-24/h2-7,13-14,16-17,19-20,23-24,28,30,38H,8-12H2,1H3,(H,41,51)(H,42,52)(H2,34,35,36,39,40)/t16-,17-,19+,20?,23-,24-,28-,49-,50-/m1/s1. The second-order valence-electron chi connectivity index (χ2n) is 12.2. The van der Waals surface area contributed by atoms with Gasteiger partial charge in [0.15, 0.2) is 17.4 Å². The third-order valence-electron chi connectivity index (χ3n) is 8.69. The number of nitrogens with zero attached hydrogens (tertiary/aromatic N) is 5. The van der Waals surface area contributed by atoms with E-state index in [-0.39, 0.29) is 30.1 Å². The number of rotatable bonds is 7. The number of carbonyl (C=O) groups is 1. The number of carbonyl (C=O) groups excluding carboxylic acids is 1. The average molecular weight is 797 g/mol. The number of ether oxygens (including phenoxy) is 2. The molecular weight excluding hydrogens is 762 g/mol. The van der Waals surface area contributed by atoms with E-state index in [2.05, 4.69) is 60.1 Å². The van der Waals surface area contributed by atoms with Crippen LogP contribution in [0.4, 0.5) is 5.95 Å². The van der Waals surface area contributed by atoms with Crippen molar-refractivity contribution in [1.82, 2.24) is 34.8 Å². The van der Waals surface area contributed by atoms with E-state index in [1.54, 1.807) is 37.4 Å². The van der Waals surface area contributed by atoms with Crippen molar-refractivity contribution < 1.29 is 46.6 Å². The zero-order chi connectivity index (χ0) is 36.6. The van der Waals surface area contributed by atoms with Crippen LogP contribution in [-0.4, -0.2) is 91.3 Å². The predicted octanol–water partition coefficient (Wildman–Crippen LogP) is 2.89. The van der Waals surface area contributed by atoms with Crippen molar-refractivity contribution in [3.63, 3.8) is 0 Å². The van der Waals surface area contributed by atoms with E-state index >= 15 is 0 Å². The van der Waals surface area contributed by atoms with Gasteiger partial charge in [0, 0.05) is 36.7 Å². The molecule has 3 aromatic heterocycles. The lowest BCUT2D eigenvalue weighted by molar-refractivity contribution is -0.0487. The van der Waals surface area contributed by atoms with Crippen molar-refractivity contribution in [2.45, 2.75) is 56.1 Å². The molecule has 3 fully saturated rings. The Labute approximate surface area is 305 Å². The minimum absolute atomic E-state index is 0.0716. The zero-order valence-corrected chi connectivity index (χ0v) is 30.8. The second kappa shape index (κ2) is 15.3. The van der Waals surface area contributed by atoms with Crippen molar-refractivity contribution in [3.8, 4) is 5.88 Å². The third kappa shape index (κ3) is 8.14. The van der Waals surface area contributed by atoms with Crippen LogP contribution in [0, 0.1) is 5.92 Å². The summed E-state index contributed by atoms with van der Waals surface area (Å²) in [6, 6.07) is 8.50. The highest BCUT2D eigenvalue weighted by Gasteiger charge is 2.51. The van der Waals surface area contributed by atoms with Crippen LogP contribution in [0.15, 0.2) is 54.0 Å². The fourth-order valence-corrected chi connectivity index (χ4v) is 9.39. The van der Waals surface area contributed by atoms with Crippen LogP contribution in [0.3, 0.4) is 0 Å². The molecule has 278 valence electrons. The number of hydrogen-bond donors (Lipinski definition) is 6. The molecule has 23 heteroatoms. The third-order valence-corrected chi connectivity index (χ3v) is 11.9. The molecule has 52 heavy (non-hydrogen) atoms. The molecule has 9 atom stereocenters. The van der Waals surface area contributed by atoms with Gasteiger partial charge in [0.25, 0.3) is 11.5 Å². The van der Waals surface area contributed by atoms with Gasteiger partial charge in [0.2, 0.25) is 11.8 Å². The molecule has 2 saturated heterocycles. The topological polar surface area (TPSA) is 240 Å². The maximum absolute atomic E-state index is 13.7. The number of aromatic amines is 1. The van der Waals surface area contributed by atoms with Crippen molar-refractivity contribution >= 4 is 61.1 Å².